The molecule has 0 atom stereocenters. The molecule has 0 fully saturated rings. The van der Waals surface area contributed by atoms with Crippen molar-refractivity contribution >= 4 is 38.2 Å². The van der Waals surface area contributed by atoms with E-state index in [1.54, 1.807) is 0 Å². The molecular formula is C32H32O4Te. The van der Waals surface area contributed by atoms with Crippen molar-refractivity contribution in [1.29, 1.82) is 0 Å². The SMILES string of the molecule is Cc1cc(C)c(C(=O)O[Te](OC(=O)c2c(C)cc(C)cc2C)(c2ccccc2)c2ccccc2)c(C)c1. The van der Waals surface area contributed by atoms with Gasteiger partial charge in [-0.3, -0.25) is 0 Å². The van der Waals surface area contributed by atoms with Crippen LogP contribution < -0.4 is 7.22 Å². The van der Waals surface area contributed by atoms with E-state index in [2.05, 4.69) is 0 Å². The first-order valence-corrected chi connectivity index (χ1v) is 16.4. The minimum absolute atomic E-state index is 0.478. The first kappa shape index (κ1) is 26.7. The van der Waals surface area contributed by atoms with Crippen molar-refractivity contribution in [2.75, 3.05) is 0 Å². The topological polar surface area (TPSA) is 52.6 Å². The Balaban J connectivity index is 1.91. The summed E-state index contributed by atoms with van der Waals surface area (Å²) in [7, 11) is 0. The molecule has 0 N–H and O–H groups in total. The van der Waals surface area contributed by atoms with Gasteiger partial charge < -0.3 is 0 Å². The van der Waals surface area contributed by atoms with Gasteiger partial charge in [0.05, 0.1) is 0 Å². The van der Waals surface area contributed by atoms with Crippen molar-refractivity contribution in [1.82, 2.24) is 0 Å². The molecule has 0 aliphatic rings. The molecular weight excluding hydrogens is 576 g/mol. The molecule has 4 nitrogen and oxygen atoms in total. The Labute approximate surface area is 224 Å². The van der Waals surface area contributed by atoms with Gasteiger partial charge in [-0.2, -0.15) is 0 Å². The molecule has 4 rings (SSSR count). The van der Waals surface area contributed by atoms with Crippen LogP contribution in [0.1, 0.15) is 54.1 Å². The molecule has 0 amide bonds. The average molecular weight is 608 g/mol. The molecule has 0 unspecified atom stereocenters. The Kier molecular flexibility index (Phi) is 7.87. The summed E-state index contributed by atoms with van der Waals surface area (Å²) in [6.45, 7) is 11.6. The van der Waals surface area contributed by atoms with Crippen molar-refractivity contribution in [2.45, 2.75) is 41.5 Å². The fourth-order valence-corrected chi connectivity index (χ4v) is 11.5. The molecule has 4 aromatic rings. The van der Waals surface area contributed by atoms with E-state index in [0.29, 0.717) is 11.1 Å². The minimum atomic E-state index is -4.61. The van der Waals surface area contributed by atoms with E-state index in [0.717, 1.165) is 40.6 Å². The second-order valence-corrected chi connectivity index (χ2v) is 15.9. The third-order valence-electron chi connectivity index (χ3n) is 6.26. The van der Waals surface area contributed by atoms with E-state index in [9.17, 15) is 9.59 Å². The van der Waals surface area contributed by atoms with Crippen molar-refractivity contribution in [3.8, 4) is 0 Å². The number of carbonyl (C=O) groups excluding carboxylic acids is 2. The standard InChI is InChI=1S/C32H32O4Te/c1-21-17-23(3)29(24(4)18-21)31(33)35-37(27-13-9-7-10-14-27,28-15-11-8-12-16-28)36-32(34)30-25(5)19-22(2)20-26(30)6/h7-20H,1-6H3. The zero-order valence-corrected chi connectivity index (χ0v) is 24.5. The first-order valence-electron chi connectivity index (χ1n) is 12.2. The summed E-state index contributed by atoms with van der Waals surface area (Å²) in [4.78, 5) is 27.8. The molecule has 0 saturated carbocycles. The Morgan fingerprint density at radius 2 is 0.811 bits per heavy atom. The molecule has 0 bridgehead atoms. The molecule has 5 heteroatoms. The van der Waals surface area contributed by atoms with Crippen molar-refractivity contribution < 1.29 is 15.8 Å². The van der Waals surface area contributed by atoms with E-state index >= 15 is 0 Å². The van der Waals surface area contributed by atoms with Crippen LogP contribution in [0.2, 0.25) is 0 Å². The van der Waals surface area contributed by atoms with E-state index < -0.39 is 30.9 Å². The second-order valence-electron chi connectivity index (χ2n) is 9.42. The molecule has 0 aliphatic carbocycles. The molecule has 0 aliphatic heterocycles. The van der Waals surface area contributed by atoms with Gasteiger partial charge in [0.1, 0.15) is 0 Å². The molecule has 0 aromatic heterocycles. The van der Waals surface area contributed by atoms with E-state index in [4.69, 9.17) is 6.20 Å². The number of hydrogen-bond acceptors (Lipinski definition) is 4. The van der Waals surface area contributed by atoms with E-state index in [1.807, 2.05) is 126 Å². The zero-order chi connectivity index (χ0) is 26.7. The van der Waals surface area contributed by atoms with Crippen LogP contribution >= 0.6 is 0 Å². The Bertz CT molecular complexity index is 1300. The van der Waals surface area contributed by atoms with Crippen LogP contribution in [0.15, 0.2) is 84.9 Å². The van der Waals surface area contributed by atoms with Gasteiger partial charge in [0.15, 0.2) is 0 Å². The molecule has 190 valence electrons. The van der Waals surface area contributed by atoms with E-state index in [1.165, 1.54) is 0 Å². The van der Waals surface area contributed by atoms with Crippen LogP contribution in [0, 0.1) is 41.5 Å². The van der Waals surface area contributed by atoms with Crippen molar-refractivity contribution in [2.24, 2.45) is 0 Å². The molecule has 0 spiro atoms. The van der Waals surface area contributed by atoms with Crippen molar-refractivity contribution in [3.05, 3.63) is 129 Å². The van der Waals surface area contributed by atoms with Crippen LogP contribution in [0.25, 0.3) is 0 Å². The third kappa shape index (κ3) is 5.49. The fraction of sp³-hybridized carbons (Fsp3) is 0.188. The summed E-state index contributed by atoms with van der Waals surface area (Å²) >= 11 is -4.61. The van der Waals surface area contributed by atoms with Gasteiger partial charge in [-0.15, -0.1) is 0 Å². The summed E-state index contributed by atoms with van der Waals surface area (Å²) in [5.41, 5.74) is 6.48. The zero-order valence-electron chi connectivity index (χ0n) is 22.1. The summed E-state index contributed by atoms with van der Waals surface area (Å²) in [6, 6.07) is 26.7. The molecule has 4 aromatic carbocycles. The normalized spacial score (nSPS) is 11.6. The van der Waals surface area contributed by atoms with Crippen LogP contribution in [0.5, 0.6) is 0 Å². The van der Waals surface area contributed by atoms with Crippen LogP contribution in [0.4, 0.5) is 0 Å². The fourth-order valence-electron chi connectivity index (χ4n) is 4.85. The van der Waals surface area contributed by atoms with Crippen LogP contribution in [-0.4, -0.2) is 30.9 Å². The number of aryl methyl sites for hydroxylation is 6. The summed E-state index contributed by atoms with van der Waals surface area (Å²) < 4.78 is 14.5. The van der Waals surface area contributed by atoms with Gasteiger partial charge in [-0.05, 0) is 0 Å². The van der Waals surface area contributed by atoms with Crippen LogP contribution in [-0.2, 0) is 6.20 Å². The molecule has 0 heterocycles. The van der Waals surface area contributed by atoms with Gasteiger partial charge >= 0.3 is 225 Å². The van der Waals surface area contributed by atoms with Gasteiger partial charge in [0.25, 0.3) is 0 Å². The monoisotopic (exact) mass is 610 g/mol. The number of benzene rings is 4. The number of rotatable bonds is 6. The van der Waals surface area contributed by atoms with Gasteiger partial charge in [0.2, 0.25) is 0 Å². The van der Waals surface area contributed by atoms with E-state index in [-0.39, 0.29) is 0 Å². The summed E-state index contributed by atoms with van der Waals surface area (Å²) in [5, 5.41) is 0. The van der Waals surface area contributed by atoms with Gasteiger partial charge in [-0.25, -0.2) is 0 Å². The molecule has 37 heavy (non-hydrogen) atoms. The number of hydrogen-bond donors (Lipinski definition) is 0. The predicted octanol–water partition coefficient (Wildman–Crippen LogP) is 5.81. The first-order chi connectivity index (χ1) is 17.6. The Hall–Kier alpha value is -3.39. The van der Waals surface area contributed by atoms with Gasteiger partial charge in [0, 0.05) is 0 Å². The molecule has 0 radical (unpaired) electrons. The third-order valence-corrected chi connectivity index (χ3v) is 13.6. The average Bonchev–Trinajstić information content (AvgIpc) is 2.83. The maximum absolute atomic E-state index is 13.9. The Morgan fingerprint density at radius 3 is 1.11 bits per heavy atom. The van der Waals surface area contributed by atoms with Gasteiger partial charge in [-0.1, -0.05) is 0 Å². The number of carbonyl (C=O) groups is 2. The van der Waals surface area contributed by atoms with Crippen molar-refractivity contribution in [3.63, 3.8) is 0 Å². The molecule has 0 saturated heterocycles. The van der Waals surface area contributed by atoms with Crippen LogP contribution in [0.3, 0.4) is 0 Å². The Morgan fingerprint density at radius 1 is 0.514 bits per heavy atom. The predicted molar refractivity (Wildman–Crippen MR) is 150 cm³/mol. The quantitative estimate of drug-likeness (QED) is 0.260. The summed E-state index contributed by atoms with van der Waals surface area (Å²) in [5.74, 6) is -0.955. The maximum atomic E-state index is 13.9. The second kappa shape index (κ2) is 10.9. The summed E-state index contributed by atoms with van der Waals surface area (Å²) in [6.07, 6.45) is 0.